The second-order valence-electron chi connectivity index (χ2n) is 6.52. The first-order valence-electron chi connectivity index (χ1n) is 9.81. The van der Waals surface area contributed by atoms with E-state index in [1.54, 1.807) is 14.0 Å². The van der Waals surface area contributed by atoms with Gasteiger partial charge in [0, 0.05) is 12.7 Å². The summed E-state index contributed by atoms with van der Waals surface area (Å²) in [7, 11) is 1.55. The average molecular weight is 444 g/mol. The number of methoxy groups -OCH3 is 1. The molecule has 10 heteroatoms. The van der Waals surface area contributed by atoms with Gasteiger partial charge in [0.1, 0.15) is 23.9 Å². The maximum Gasteiger partial charge on any atom is 0.342 e. The summed E-state index contributed by atoms with van der Waals surface area (Å²) in [5.41, 5.74) is 1.38. The number of esters is 1. The van der Waals surface area contributed by atoms with Gasteiger partial charge in [-0.15, -0.1) is 5.10 Å². The van der Waals surface area contributed by atoms with Crippen molar-refractivity contribution in [1.82, 2.24) is 20.2 Å². The summed E-state index contributed by atoms with van der Waals surface area (Å²) in [4.78, 5) is 13.1. The van der Waals surface area contributed by atoms with Crippen LogP contribution in [0, 0.1) is 11.6 Å². The van der Waals surface area contributed by atoms with Crippen LogP contribution >= 0.6 is 0 Å². The molecule has 32 heavy (non-hydrogen) atoms. The number of aromatic nitrogens is 4. The zero-order chi connectivity index (χ0) is 22.9. The summed E-state index contributed by atoms with van der Waals surface area (Å²) in [6, 6.07) is 11.1. The highest BCUT2D eigenvalue weighted by atomic mass is 19.1. The molecule has 0 spiro atoms. The first-order chi connectivity index (χ1) is 15.5. The molecule has 0 fully saturated rings. The number of carbonyl (C=O) groups is 1. The average Bonchev–Trinajstić information content (AvgIpc) is 3.24. The molecule has 0 bridgehead atoms. The molecular formula is C22H22F2N4O4. The van der Waals surface area contributed by atoms with E-state index in [1.165, 1.54) is 53.2 Å². The van der Waals surface area contributed by atoms with Crippen molar-refractivity contribution < 1.29 is 27.8 Å². The maximum absolute atomic E-state index is 13.6. The van der Waals surface area contributed by atoms with E-state index in [2.05, 4.69) is 15.5 Å². The van der Waals surface area contributed by atoms with E-state index >= 15 is 0 Å². The predicted octanol–water partition coefficient (Wildman–Crippen LogP) is 3.09. The van der Waals surface area contributed by atoms with Gasteiger partial charge in [0.25, 0.3) is 0 Å². The van der Waals surface area contributed by atoms with Crippen molar-refractivity contribution in [1.29, 1.82) is 0 Å². The van der Waals surface area contributed by atoms with E-state index in [0.717, 1.165) is 0 Å². The van der Waals surface area contributed by atoms with Crippen molar-refractivity contribution in [2.75, 3.05) is 26.9 Å². The monoisotopic (exact) mass is 444 g/mol. The van der Waals surface area contributed by atoms with E-state index in [-0.39, 0.29) is 31.3 Å². The topological polar surface area (TPSA) is 88.4 Å². The molecule has 0 unspecified atom stereocenters. The molecule has 1 aromatic heterocycles. The van der Waals surface area contributed by atoms with E-state index in [0.29, 0.717) is 23.3 Å². The van der Waals surface area contributed by atoms with Crippen LogP contribution < -0.4 is 0 Å². The number of rotatable bonds is 10. The lowest BCUT2D eigenvalue weighted by atomic mass is 9.92. The Morgan fingerprint density at radius 3 is 2.09 bits per heavy atom. The number of ether oxygens (including phenoxy) is 3. The Labute approximate surface area is 183 Å². The fourth-order valence-electron chi connectivity index (χ4n) is 2.96. The molecule has 0 saturated heterocycles. The Morgan fingerprint density at radius 2 is 1.56 bits per heavy atom. The molecule has 1 heterocycles. The third-order valence-corrected chi connectivity index (χ3v) is 4.40. The number of benzene rings is 2. The zero-order valence-corrected chi connectivity index (χ0v) is 17.6. The highest BCUT2D eigenvalue weighted by molar-refractivity contribution is 6.25. The number of carbonyl (C=O) groups excluding carboxylic acids is 1. The molecule has 168 valence electrons. The van der Waals surface area contributed by atoms with Crippen LogP contribution in [0.1, 0.15) is 23.9 Å². The normalized spacial score (nSPS) is 10.8. The fourth-order valence-corrected chi connectivity index (χ4v) is 2.96. The summed E-state index contributed by atoms with van der Waals surface area (Å²) in [5.74, 6) is -1.49. The van der Waals surface area contributed by atoms with Crippen LogP contribution in [0.3, 0.4) is 0 Å². The molecule has 0 aliphatic heterocycles. The number of nitrogens with zero attached hydrogens (tertiary/aromatic N) is 4. The largest absolute Gasteiger partial charge is 0.462 e. The van der Waals surface area contributed by atoms with E-state index in [4.69, 9.17) is 14.2 Å². The van der Waals surface area contributed by atoms with Crippen LogP contribution in [-0.2, 0) is 25.7 Å². The second-order valence-corrected chi connectivity index (χ2v) is 6.52. The molecular weight excluding hydrogens is 422 g/mol. The summed E-state index contributed by atoms with van der Waals surface area (Å²) < 4.78 is 44.2. The van der Waals surface area contributed by atoms with Crippen LogP contribution in [-0.4, -0.2) is 53.1 Å². The molecule has 0 aliphatic carbocycles. The van der Waals surface area contributed by atoms with Crippen molar-refractivity contribution in [3.05, 3.63) is 77.1 Å². The smallest absolute Gasteiger partial charge is 0.342 e. The standard InChI is InChI=1S/C22H22F2N4O4/c1-3-32-22(29)20(21-25-26-27-28(21)14-31-13-12-30-2)19(15-4-8-17(23)9-5-15)16-6-10-18(24)11-7-16/h4-11H,3,12-14H2,1-2H3. The van der Waals surface area contributed by atoms with Gasteiger partial charge in [-0.25, -0.2) is 13.6 Å². The minimum atomic E-state index is -0.691. The van der Waals surface area contributed by atoms with E-state index in [9.17, 15) is 13.6 Å². The first-order valence-corrected chi connectivity index (χ1v) is 9.81. The van der Waals surface area contributed by atoms with Gasteiger partial charge >= 0.3 is 5.97 Å². The number of halogens is 2. The fraction of sp³-hybridized carbons (Fsp3) is 0.273. The zero-order valence-electron chi connectivity index (χ0n) is 17.6. The van der Waals surface area contributed by atoms with Gasteiger partial charge in [-0.05, 0) is 52.7 Å². The minimum absolute atomic E-state index is 0.0328. The van der Waals surface area contributed by atoms with Crippen molar-refractivity contribution >= 4 is 17.1 Å². The van der Waals surface area contributed by atoms with Crippen LogP contribution in [0.25, 0.3) is 11.1 Å². The van der Waals surface area contributed by atoms with Gasteiger partial charge in [0.05, 0.1) is 19.8 Å². The Hall–Kier alpha value is -3.50. The van der Waals surface area contributed by atoms with Crippen LogP contribution in [0.4, 0.5) is 8.78 Å². The van der Waals surface area contributed by atoms with Crippen molar-refractivity contribution in [3.63, 3.8) is 0 Å². The molecule has 0 aliphatic rings. The van der Waals surface area contributed by atoms with Gasteiger partial charge in [-0.3, -0.25) is 0 Å². The summed E-state index contributed by atoms with van der Waals surface area (Å²) >= 11 is 0. The SMILES string of the molecule is CCOC(=O)C(=C(c1ccc(F)cc1)c1ccc(F)cc1)c1nnnn1COCCOC. The van der Waals surface area contributed by atoms with Gasteiger partial charge in [-0.2, -0.15) is 4.68 Å². The Morgan fingerprint density at radius 1 is 0.969 bits per heavy atom. The first kappa shape index (κ1) is 23.2. The molecule has 0 atom stereocenters. The van der Waals surface area contributed by atoms with E-state index in [1.807, 2.05) is 0 Å². The lowest BCUT2D eigenvalue weighted by molar-refractivity contribution is -0.136. The molecule has 0 saturated carbocycles. The highest BCUT2D eigenvalue weighted by Gasteiger charge is 2.27. The molecule has 2 aromatic carbocycles. The molecule has 0 amide bonds. The van der Waals surface area contributed by atoms with Crippen molar-refractivity contribution in [3.8, 4) is 0 Å². The van der Waals surface area contributed by atoms with Crippen molar-refractivity contribution in [2.24, 2.45) is 0 Å². The second kappa shape index (κ2) is 11.2. The third kappa shape index (κ3) is 5.59. The Kier molecular flexibility index (Phi) is 8.12. The number of hydrogen-bond donors (Lipinski definition) is 0. The molecule has 0 N–H and O–H groups in total. The molecule has 0 radical (unpaired) electrons. The van der Waals surface area contributed by atoms with Crippen LogP contribution in [0.2, 0.25) is 0 Å². The number of hydrogen-bond acceptors (Lipinski definition) is 7. The summed E-state index contributed by atoms with van der Waals surface area (Å²) in [6.45, 7) is 2.39. The van der Waals surface area contributed by atoms with Gasteiger partial charge in [-0.1, -0.05) is 24.3 Å². The van der Waals surface area contributed by atoms with Crippen molar-refractivity contribution in [2.45, 2.75) is 13.7 Å². The van der Waals surface area contributed by atoms with Crippen LogP contribution in [0.15, 0.2) is 48.5 Å². The van der Waals surface area contributed by atoms with Gasteiger partial charge < -0.3 is 14.2 Å². The Bertz CT molecular complexity index is 1020. The summed E-state index contributed by atoms with van der Waals surface area (Å²) in [6.07, 6.45) is 0. The lowest BCUT2D eigenvalue weighted by Crippen LogP contribution is -2.17. The van der Waals surface area contributed by atoms with Crippen LogP contribution in [0.5, 0.6) is 0 Å². The number of tetrazole rings is 1. The van der Waals surface area contributed by atoms with Gasteiger partial charge in [0.2, 0.25) is 0 Å². The Balaban J connectivity index is 2.21. The molecule has 8 nitrogen and oxygen atoms in total. The van der Waals surface area contributed by atoms with Gasteiger partial charge in [0.15, 0.2) is 5.82 Å². The maximum atomic E-state index is 13.6. The molecule has 3 rings (SSSR count). The van der Waals surface area contributed by atoms with E-state index < -0.39 is 17.6 Å². The third-order valence-electron chi connectivity index (χ3n) is 4.40. The molecule has 3 aromatic rings. The quantitative estimate of drug-likeness (QED) is 0.270. The summed E-state index contributed by atoms with van der Waals surface area (Å²) in [5, 5.41) is 11.6. The minimum Gasteiger partial charge on any atom is -0.462 e. The predicted molar refractivity (Wildman–Crippen MR) is 111 cm³/mol. The highest BCUT2D eigenvalue weighted by Crippen LogP contribution is 2.32. The lowest BCUT2D eigenvalue weighted by Gasteiger charge is -2.16.